The third-order valence-corrected chi connectivity index (χ3v) is 2.51. The van der Waals surface area contributed by atoms with Crippen LogP contribution < -0.4 is 5.32 Å². The highest BCUT2D eigenvalue weighted by Gasteiger charge is 2.26. The molecule has 0 aliphatic heterocycles. The second-order valence-electron chi connectivity index (χ2n) is 3.63. The fourth-order valence-corrected chi connectivity index (χ4v) is 1.53. The van der Waals surface area contributed by atoms with E-state index in [1.807, 2.05) is 13.1 Å². The highest BCUT2D eigenvalue weighted by Crippen LogP contribution is 2.36. The van der Waals surface area contributed by atoms with Gasteiger partial charge in [-0.2, -0.15) is 0 Å². The smallest absolute Gasteiger partial charge is 0.145 e. The van der Waals surface area contributed by atoms with Crippen molar-refractivity contribution in [3.05, 3.63) is 24.3 Å². The van der Waals surface area contributed by atoms with Gasteiger partial charge in [0.15, 0.2) is 0 Å². The normalized spacial score (nSPS) is 18.5. The van der Waals surface area contributed by atoms with E-state index in [4.69, 9.17) is 0 Å². The Labute approximate surface area is 78.6 Å². The van der Waals surface area contributed by atoms with Crippen molar-refractivity contribution in [3.63, 3.8) is 0 Å². The molecule has 1 aromatic rings. The Morgan fingerprint density at radius 3 is 2.69 bits per heavy atom. The van der Waals surface area contributed by atoms with Crippen LogP contribution in [0.1, 0.15) is 31.1 Å². The van der Waals surface area contributed by atoms with Gasteiger partial charge in [-0.25, -0.2) is 9.97 Å². The first-order valence-corrected chi connectivity index (χ1v) is 4.84. The van der Waals surface area contributed by atoms with Crippen molar-refractivity contribution >= 4 is 0 Å². The summed E-state index contributed by atoms with van der Waals surface area (Å²) in [5.41, 5.74) is 0. The number of rotatable bonds is 4. The van der Waals surface area contributed by atoms with Crippen LogP contribution in [0.25, 0.3) is 0 Å². The molecule has 1 fully saturated rings. The van der Waals surface area contributed by atoms with Crippen LogP contribution in [0.4, 0.5) is 0 Å². The molecule has 2 rings (SSSR count). The molecule has 1 aromatic heterocycles. The van der Waals surface area contributed by atoms with Crippen LogP contribution in [0.15, 0.2) is 18.5 Å². The summed E-state index contributed by atoms with van der Waals surface area (Å²) < 4.78 is 0. The first-order chi connectivity index (χ1) is 6.40. The van der Waals surface area contributed by atoms with Crippen molar-refractivity contribution in [3.8, 4) is 0 Å². The summed E-state index contributed by atoms with van der Waals surface area (Å²) >= 11 is 0. The number of hydrogen-bond acceptors (Lipinski definition) is 3. The second kappa shape index (κ2) is 3.83. The molecule has 70 valence electrons. The minimum absolute atomic E-state index is 0.341. The lowest BCUT2D eigenvalue weighted by atomic mass is 10.1. The molecule has 0 bridgehead atoms. The van der Waals surface area contributed by atoms with Gasteiger partial charge in [0.05, 0.1) is 6.04 Å². The standard InChI is InChI=1S/C10H15N3/c1-11-9(7-8-3-4-8)10-12-5-2-6-13-10/h2,5-6,8-9,11H,3-4,7H2,1H3. The maximum Gasteiger partial charge on any atom is 0.145 e. The first-order valence-electron chi connectivity index (χ1n) is 4.84. The predicted octanol–water partition coefficient (Wildman–Crippen LogP) is 1.54. The van der Waals surface area contributed by atoms with E-state index < -0.39 is 0 Å². The maximum atomic E-state index is 4.26. The Balaban J connectivity index is 2.02. The number of nitrogens with zero attached hydrogens (tertiary/aromatic N) is 2. The molecule has 0 amide bonds. The molecule has 13 heavy (non-hydrogen) atoms. The summed E-state index contributed by atoms with van der Waals surface area (Å²) in [6.07, 6.45) is 7.55. The van der Waals surface area contributed by atoms with Crippen LogP contribution in [0.5, 0.6) is 0 Å². The Morgan fingerprint density at radius 2 is 2.15 bits per heavy atom. The maximum absolute atomic E-state index is 4.26. The van der Waals surface area contributed by atoms with E-state index in [1.165, 1.54) is 19.3 Å². The molecule has 1 aliphatic rings. The van der Waals surface area contributed by atoms with Crippen molar-refractivity contribution in [1.29, 1.82) is 0 Å². The van der Waals surface area contributed by atoms with Crippen LogP contribution >= 0.6 is 0 Å². The monoisotopic (exact) mass is 177 g/mol. The highest BCUT2D eigenvalue weighted by molar-refractivity contribution is 4.97. The Kier molecular flexibility index (Phi) is 2.54. The van der Waals surface area contributed by atoms with Crippen molar-refractivity contribution in [2.24, 2.45) is 5.92 Å². The predicted molar refractivity (Wildman–Crippen MR) is 51.2 cm³/mol. The van der Waals surface area contributed by atoms with E-state index in [2.05, 4.69) is 15.3 Å². The molecule has 3 heteroatoms. The van der Waals surface area contributed by atoms with E-state index in [9.17, 15) is 0 Å². The van der Waals surface area contributed by atoms with Crippen LogP contribution in [0.2, 0.25) is 0 Å². The van der Waals surface area contributed by atoms with E-state index in [0.717, 1.165) is 11.7 Å². The number of nitrogens with one attached hydrogen (secondary N) is 1. The first kappa shape index (κ1) is 8.63. The molecule has 1 aliphatic carbocycles. The fraction of sp³-hybridized carbons (Fsp3) is 0.600. The van der Waals surface area contributed by atoms with Gasteiger partial charge in [-0.15, -0.1) is 0 Å². The molecule has 1 atom stereocenters. The van der Waals surface area contributed by atoms with Gasteiger partial charge in [0, 0.05) is 12.4 Å². The lowest BCUT2D eigenvalue weighted by Crippen LogP contribution is -2.19. The second-order valence-corrected chi connectivity index (χ2v) is 3.63. The number of aromatic nitrogens is 2. The summed E-state index contributed by atoms with van der Waals surface area (Å²) in [7, 11) is 1.98. The molecule has 1 N–H and O–H groups in total. The zero-order valence-electron chi connectivity index (χ0n) is 7.90. The lowest BCUT2D eigenvalue weighted by molar-refractivity contribution is 0.490. The van der Waals surface area contributed by atoms with Crippen LogP contribution in [0.3, 0.4) is 0 Å². The molecule has 0 radical (unpaired) electrons. The Hall–Kier alpha value is -0.960. The summed E-state index contributed by atoms with van der Waals surface area (Å²) in [5.74, 6) is 1.83. The van der Waals surface area contributed by atoms with Gasteiger partial charge < -0.3 is 5.32 Å². The van der Waals surface area contributed by atoms with Crippen molar-refractivity contribution < 1.29 is 0 Å². The van der Waals surface area contributed by atoms with Gasteiger partial charge in [-0.1, -0.05) is 12.8 Å². The van der Waals surface area contributed by atoms with Gasteiger partial charge in [0.1, 0.15) is 5.82 Å². The van der Waals surface area contributed by atoms with Crippen LogP contribution in [-0.4, -0.2) is 17.0 Å². The minimum Gasteiger partial charge on any atom is -0.310 e. The van der Waals surface area contributed by atoms with Crippen molar-refractivity contribution in [2.75, 3.05) is 7.05 Å². The van der Waals surface area contributed by atoms with Gasteiger partial charge in [0.25, 0.3) is 0 Å². The molecule has 0 aromatic carbocycles. The minimum atomic E-state index is 0.341. The van der Waals surface area contributed by atoms with E-state index in [1.54, 1.807) is 12.4 Å². The van der Waals surface area contributed by atoms with Crippen molar-refractivity contribution in [2.45, 2.75) is 25.3 Å². The van der Waals surface area contributed by atoms with Gasteiger partial charge in [0.2, 0.25) is 0 Å². The molecule has 1 saturated carbocycles. The van der Waals surface area contributed by atoms with E-state index >= 15 is 0 Å². The molecule has 0 spiro atoms. The highest BCUT2D eigenvalue weighted by atomic mass is 15.0. The lowest BCUT2D eigenvalue weighted by Gasteiger charge is -2.13. The summed E-state index contributed by atoms with van der Waals surface area (Å²) in [6, 6.07) is 2.20. The molecule has 3 nitrogen and oxygen atoms in total. The third-order valence-electron chi connectivity index (χ3n) is 2.51. The molecular weight excluding hydrogens is 162 g/mol. The molecule has 1 heterocycles. The summed E-state index contributed by atoms with van der Waals surface area (Å²) in [5, 5.41) is 3.26. The van der Waals surface area contributed by atoms with E-state index in [-0.39, 0.29) is 0 Å². The van der Waals surface area contributed by atoms with Gasteiger partial charge >= 0.3 is 0 Å². The largest absolute Gasteiger partial charge is 0.310 e. The molecule has 1 unspecified atom stereocenters. The Morgan fingerprint density at radius 1 is 1.46 bits per heavy atom. The van der Waals surface area contributed by atoms with Gasteiger partial charge in [-0.05, 0) is 25.5 Å². The fourth-order valence-electron chi connectivity index (χ4n) is 1.53. The van der Waals surface area contributed by atoms with E-state index in [0.29, 0.717) is 6.04 Å². The average Bonchev–Trinajstić information content (AvgIpc) is 2.99. The topological polar surface area (TPSA) is 37.8 Å². The molecule has 0 saturated heterocycles. The molecular formula is C10H15N3. The SMILES string of the molecule is CNC(CC1CC1)c1ncccn1. The number of hydrogen-bond donors (Lipinski definition) is 1. The van der Waals surface area contributed by atoms with Crippen molar-refractivity contribution in [1.82, 2.24) is 15.3 Å². The van der Waals surface area contributed by atoms with Gasteiger partial charge in [-0.3, -0.25) is 0 Å². The van der Waals surface area contributed by atoms with Crippen LogP contribution in [0, 0.1) is 5.92 Å². The quantitative estimate of drug-likeness (QED) is 0.758. The zero-order valence-corrected chi connectivity index (χ0v) is 7.90. The zero-order chi connectivity index (χ0) is 9.10. The van der Waals surface area contributed by atoms with Crippen LogP contribution in [-0.2, 0) is 0 Å². The summed E-state index contributed by atoms with van der Waals surface area (Å²) in [6.45, 7) is 0. The third kappa shape index (κ3) is 2.25. The average molecular weight is 177 g/mol. The Bertz CT molecular complexity index is 256. The summed E-state index contributed by atoms with van der Waals surface area (Å²) in [4.78, 5) is 8.51.